The van der Waals surface area contributed by atoms with E-state index in [9.17, 15) is 4.39 Å². The molecule has 29 nitrogen and oxygen atoms in total. The maximum absolute atomic E-state index is 13.5. The fourth-order valence-corrected chi connectivity index (χ4v) is 17.9. The zero-order valence-corrected chi connectivity index (χ0v) is 68.8. The highest BCUT2D eigenvalue weighted by molar-refractivity contribution is 7.22. The predicted molar refractivity (Wildman–Crippen MR) is 481 cm³/mol. The maximum atomic E-state index is 13.5. The van der Waals surface area contributed by atoms with E-state index in [1.54, 1.807) is 81.3 Å². The van der Waals surface area contributed by atoms with Gasteiger partial charge in [0.1, 0.15) is 11.6 Å². The molecule has 582 valence electrons. The van der Waals surface area contributed by atoms with Crippen LogP contribution in [0.1, 0.15) is 31.3 Å². The molecule has 0 saturated carbocycles. The molecule has 0 aliphatic heterocycles. The Balaban J connectivity index is 0.000000105. The van der Waals surface area contributed by atoms with Gasteiger partial charge >= 0.3 is 0 Å². The van der Waals surface area contributed by atoms with E-state index in [0.29, 0.717) is 39.8 Å². The summed E-state index contributed by atoms with van der Waals surface area (Å²) in [6, 6.07) is 46.2. The van der Waals surface area contributed by atoms with Crippen LogP contribution in [-0.4, -0.2) is 105 Å². The number of aromatic nitrogens is 21. The lowest BCUT2D eigenvalue weighted by Gasteiger charge is -2.13. The number of nitrogens with zero attached hydrogens (tertiary/aromatic N) is 17. The third kappa shape index (κ3) is 16.4. The standard InChI is InChI=1S/C22H14ClN7S2.C21H22N8S.C20H12FN7S2.C17H13N7S2/c23-14-3-1-12(2-4-14)18-11-32-22(27-18)29-21-26-17-7-8-31-19(17)20(28-21)25-15-5-6-16-13(9-15)10-24-30-16;1-21(2,3)16-10-17(29(4)28-16)25-20-24-15-7-8-30-18(15)19(26-20)23-13-5-6-14-12(9-13)11-22-27-14;21-11-1-3-14-16(8-11)30-20(25-14)27-19-24-15-5-6-29-17(15)18(26-19)23-12-2-4-13-10(7-12)9-22-28-13;1-9-7-18-17(26-9)23-16-21-13-4-5-25-14(13)15(22-16)20-11-2-3-12-10(6-11)8-19-24-12/h1-11H,(H,24,30)(H2,25,26,27,28,29);5-11H,1-4H3,(H,22,27)(H2,23,24,25,26);1-9H,(H,22,28)(H2,23,24,25,26,27);2-8H,1H3,(H,19,24)(H2,18,20,21,22,23). The Morgan fingerprint density at radius 2 is 0.822 bits per heavy atom. The number of halogens is 2. The van der Waals surface area contributed by atoms with Gasteiger partial charge in [-0.25, -0.2) is 39.3 Å². The smallest absolute Gasteiger partial charge is 0.231 e. The number of anilines is 16. The summed E-state index contributed by atoms with van der Waals surface area (Å²) in [5.74, 6) is 5.50. The van der Waals surface area contributed by atoms with Gasteiger partial charge in [-0.2, -0.15) is 45.4 Å². The number of fused-ring (bicyclic) bond motifs is 9. The molecule has 16 aromatic heterocycles. The van der Waals surface area contributed by atoms with Crippen molar-refractivity contribution in [3.8, 4) is 11.3 Å². The maximum Gasteiger partial charge on any atom is 0.231 e. The summed E-state index contributed by atoms with van der Waals surface area (Å²) < 4.78 is 20.0. The molecule has 0 saturated heterocycles. The molecule has 0 unspecified atom stereocenters. The number of rotatable bonds is 17. The van der Waals surface area contributed by atoms with Gasteiger partial charge in [-0.1, -0.05) is 55.8 Å². The molecule has 0 radical (unpaired) electrons. The van der Waals surface area contributed by atoms with Gasteiger partial charge in [0.25, 0.3) is 0 Å². The van der Waals surface area contributed by atoms with Crippen LogP contribution in [0, 0.1) is 12.7 Å². The fourth-order valence-electron chi connectivity index (χ4n) is 12.4. The Hall–Kier alpha value is -13.7. The Morgan fingerprint density at radius 3 is 1.24 bits per heavy atom. The average Bonchev–Trinajstić information content (AvgIpc) is 1.63. The highest BCUT2D eigenvalue weighted by atomic mass is 35.5. The Labute approximate surface area is 699 Å². The predicted octanol–water partition coefficient (Wildman–Crippen LogP) is 22.5. The monoisotopic (exact) mass is 1710 g/mol. The van der Waals surface area contributed by atoms with Crippen molar-refractivity contribution >= 4 is 277 Å². The molecule has 22 rings (SSSR count). The molecule has 0 aliphatic rings. The molecule has 118 heavy (non-hydrogen) atoms. The number of nitrogens with one attached hydrogen (secondary N) is 12. The van der Waals surface area contributed by atoms with Crippen LogP contribution in [0.15, 0.2) is 203 Å². The van der Waals surface area contributed by atoms with Crippen molar-refractivity contribution in [3.05, 3.63) is 225 Å². The molecule has 16 heterocycles. The van der Waals surface area contributed by atoms with Crippen molar-refractivity contribution in [2.24, 2.45) is 7.05 Å². The minimum atomic E-state index is -0.283. The summed E-state index contributed by atoms with van der Waals surface area (Å²) in [4.78, 5) is 51.9. The molecule has 6 aromatic carbocycles. The molecule has 0 spiro atoms. The molecule has 38 heteroatoms. The summed E-state index contributed by atoms with van der Waals surface area (Å²) >= 11 is 16.8. The highest BCUT2D eigenvalue weighted by Gasteiger charge is 2.22. The van der Waals surface area contributed by atoms with Crippen molar-refractivity contribution < 1.29 is 4.39 Å². The van der Waals surface area contributed by atoms with Crippen LogP contribution >= 0.6 is 91.0 Å². The summed E-state index contributed by atoms with van der Waals surface area (Å²) in [6.45, 7) is 8.45. The molecule has 0 fully saturated rings. The van der Waals surface area contributed by atoms with Crippen LogP contribution in [0.25, 0.3) is 106 Å². The zero-order valence-electron chi connectivity index (χ0n) is 62.3. The van der Waals surface area contributed by atoms with Crippen LogP contribution in [0.4, 0.5) is 95.4 Å². The second-order valence-electron chi connectivity index (χ2n) is 27.6. The molecular formula is C80H61ClFN29S7. The van der Waals surface area contributed by atoms with E-state index in [2.05, 4.69) is 154 Å². The first-order chi connectivity index (χ1) is 57.5. The molecular weight excluding hydrogens is 1650 g/mol. The summed E-state index contributed by atoms with van der Waals surface area (Å²) in [6.07, 6.45) is 9.02. The second kappa shape index (κ2) is 31.9. The SMILES string of the molecule is Cc1cnc(Nc2nc(Nc3ccc4[nH]ncc4c3)c3sccc3n2)s1.Clc1ccc(-c2csc(Nc3nc(Nc4ccc5[nH]ncc5c4)c4sccc4n3)n2)cc1.Cn1nc(C(C)(C)C)cc1Nc1nc(Nc2ccc3[nH]ncc3c2)c2sccc2n1.Fc1ccc2nc(Nc3nc(Nc4ccc5[nH]ncc5c4)c4sccc4n3)sc2c1. The number of H-pyrrole nitrogens is 4. The summed E-state index contributed by atoms with van der Waals surface area (Å²) in [5.41, 5.74) is 14.7. The Bertz CT molecular complexity index is 7400. The van der Waals surface area contributed by atoms with Crippen LogP contribution in [-0.2, 0) is 12.5 Å². The summed E-state index contributed by atoms with van der Waals surface area (Å²) in [5, 5.41) is 76.3. The summed E-state index contributed by atoms with van der Waals surface area (Å²) in [7, 11) is 1.92. The van der Waals surface area contributed by atoms with Crippen LogP contribution < -0.4 is 42.5 Å². The first-order valence-electron chi connectivity index (χ1n) is 36.2. The molecule has 22 aromatic rings. The van der Waals surface area contributed by atoms with E-state index in [4.69, 9.17) is 21.6 Å². The van der Waals surface area contributed by atoms with Gasteiger partial charge in [0.05, 0.1) is 109 Å². The lowest BCUT2D eigenvalue weighted by atomic mass is 9.92. The fraction of sp³-hybridized carbons (Fsp3) is 0.0750. The highest BCUT2D eigenvalue weighted by Crippen LogP contribution is 2.39. The van der Waals surface area contributed by atoms with E-state index in [1.807, 2.05) is 185 Å². The van der Waals surface area contributed by atoms with Gasteiger partial charge < -0.3 is 26.6 Å². The molecule has 0 bridgehead atoms. The number of hydrogen-bond acceptors (Lipinski definition) is 31. The number of thiophene rings is 4. The van der Waals surface area contributed by atoms with Crippen LogP contribution in [0.2, 0.25) is 5.02 Å². The average molecular weight is 1710 g/mol. The number of aryl methyl sites for hydroxylation is 2. The first kappa shape index (κ1) is 74.4. The second-order valence-corrected chi connectivity index (χ2v) is 34.8. The minimum absolute atomic E-state index is 0.0334. The van der Waals surface area contributed by atoms with E-state index in [-0.39, 0.29) is 11.2 Å². The van der Waals surface area contributed by atoms with Crippen molar-refractivity contribution in [3.63, 3.8) is 0 Å². The lowest BCUT2D eigenvalue weighted by Crippen LogP contribution is -2.12. The molecule has 0 aliphatic carbocycles. The van der Waals surface area contributed by atoms with Crippen molar-refractivity contribution in [2.75, 3.05) is 42.5 Å². The third-order valence-corrected chi connectivity index (χ3v) is 24.6. The largest absolute Gasteiger partial charge is 0.339 e. The molecule has 12 N–H and O–H groups in total. The zero-order chi connectivity index (χ0) is 80.0. The van der Waals surface area contributed by atoms with E-state index < -0.39 is 0 Å². The van der Waals surface area contributed by atoms with Gasteiger partial charge in [0.15, 0.2) is 38.7 Å². The van der Waals surface area contributed by atoms with E-state index in [1.165, 1.54) is 34.8 Å². The third-order valence-electron chi connectivity index (χ3n) is 18.2. The van der Waals surface area contributed by atoms with Crippen molar-refractivity contribution in [1.29, 1.82) is 0 Å². The van der Waals surface area contributed by atoms with Crippen LogP contribution in [0.3, 0.4) is 0 Å². The van der Waals surface area contributed by atoms with Gasteiger partial charge in [0, 0.05) is 89.9 Å². The Morgan fingerprint density at radius 1 is 0.398 bits per heavy atom. The van der Waals surface area contributed by atoms with Crippen molar-refractivity contribution in [1.82, 2.24) is 105 Å². The molecule has 0 amide bonds. The lowest BCUT2D eigenvalue weighted by molar-refractivity contribution is 0.553. The number of thiazole rings is 3. The van der Waals surface area contributed by atoms with Crippen molar-refractivity contribution in [2.45, 2.75) is 33.1 Å². The minimum Gasteiger partial charge on any atom is -0.339 e. The Kier molecular flexibility index (Phi) is 20.1. The van der Waals surface area contributed by atoms with Gasteiger partial charge in [-0.05, 0) is 156 Å². The normalized spacial score (nSPS) is 11.5. The number of hydrogen-bond donors (Lipinski definition) is 12. The van der Waals surface area contributed by atoms with E-state index in [0.717, 1.165) is 173 Å². The van der Waals surface area contributed by atoms with Gasteiger partial charge in [-0.15, -0.1) is 68.0 Å². The quantitative estimate of drug-likeness (QED) is 0.0403. The number of benzene rings is 6. The van der Waals surface area contributed by atoms with Gasteiger partial charge in [-0.3, -0.25) is 41.0 Å². The topological polar surface area (TPSA) is 371 Å². The van der Waals surface area contributed by atoms with Gasteiger partial charge in [0.2, 0.25) is 23.8 Å². The van der Waals surface area contributed by atoms with E-state index >= 15 is 0 Å². The van der Waals surface area contributed by atoms with Crippen LogP contribution in [0.5, 0.6) is 0 Å². The first-order valence-corrected chi connectivity index (χ1v) is 42.6. The molecule has 0 atom stereocenters. The number of aromatic amines is 4.